The number of carbonyl (C=O) groups excluding carboxylic acids is 2. The van der Waals surface area contributed by atoms with Crippen LogP contribution in [-0.4, -0.2) is 67.6 Å². The van der Waals surface area contributed by atoms with Crippen molar-refractivity contribution in [3.8, 4) is 0 Å². The van der Waals surface area contributed by atoms with E-state index in [2.05, 4.69) is 46.7 Å². The van der Waals surface area contributed by atoms with Crippen molar-refractivity contribution in [1.82, 2.24) is 15.1 Å². The first-order valence-corrected chi connectivity index (χ1v) is 13.8. The highest BCUT2D eigenvalue weighted by atomic mass is 16.2. The average molecular weight is 516 g/mol. The van der Waals surface area contributed by atoms with Crippen molar-refractivity contribution < 1.29 is 9.59 Å². The Kier molecular flexibility index (Phi) is 9.34. The zero-order valence-corrected chi connectivity index (χ0v) is 22.9. The molecule has 2 saturated heterocycles. The molecule has 2 aliphatic heterocycles. The van der Waals surface area contributed by atoms with Gasteiger partial charge in [-0.05, 0) is 87.0 Å². The highest BCUT2D eigenvalue weighted by Crippen LogP contribution is 2.30. The van der Waals surface area contributed by atoms with Gasteiger partial charge in [0.2, 0.25) is 5.91 Å². The minimum absolute atomic E-state index is 0.0263. The standard InChI is InChI=1S/C31H41N5O2/c1-4-35-15-11-26(12-16-35)30(37)34-29-19-27(6-5-22(29)2)31(38)36-17-13-25(14-18-36)23-7-9-24(10-8-23)28(20-32)21-33-3/h5-10,19-21,25-26,32-33H,4,11-18H2,1-3H3,(H,34,37)/b28-21+,32-20?. The fourth-order valence-electron chi connectivity index (χ4n) is 5.55. The number of carbonyl (C=O) groups is 2. The summed E-state index contributed by atoms with van der Waals surface area (Å²) in [6.07, 6.45) is 6.77. The Morgan fingerprint density at radius 1 is 0.974 bits per heavy atom. The first kappa shape index (κ1) is 27.6. The Bertz CT molecular complexity index is 1160. The van der Waals surface area contributed by atoms with Crippen LogP contribution < -0.4 is 10.6 Å². The molecule has 0 unspecified atom stereocenters. The lowest BCUT2D eigenvalue weighted by Gasteiger charge is -2.32. The highest BCUT2D eigenvalue weighted by Gasteiger charge is 2.27. The average Bonchev–Trinajstić information content (AvgIpc) is 2.97. The largest absolute Gasteiger partial charge is 0.393 e. The Morgan fingerprint density at radius 2 is 1.63 bits per heavy atom. The summed E-state index contributed by atoms with van der Waals surface area (Å²) in [5.74, 6) is 0.533. The third-order valence-electron chi connectivity index (χ3n) is 8.10. The monoisotopic (exact) mass is 515 g/mol. The Balaban J connectivity index is 1.35. The molecule has 0 aromatic heterocycles. The third-order valence-corrected chi connectivity index (χ3v) is 8.10. The number of hydrogen-bond acceptors (Lipinski definition) is 5. The number of amides is 2. The first-order chi connectivity index (χ1) is 18.4. The van der Waals surface area contributed by atoms with Gasteiger partial charge in [-0.15, -0.1) is 0 Å². The maximum atomic E-state index is 13.4. The molecule has 2 fully saturated rings. The van der Waals surface area contributed by atoms with E-state index >= 15 is 0 Å². The molecule has 0 bridgehead atoms. The molecule has 3 N–H and O–H groups in total. The van der Waals surface area contributed by atoms with Crippen LogP contribution in [0.15, 0.2) is 48.7 Å². The van der Waals surface area contributed by atoms with Crippen LogP contribution in [0.1, 0.15) is 65.6 Å². The van der Waals surface area contributed by atoms with Gasteiger partial charge >= 0.3 is 0 Å². The summed E-state index contributed by atoms with van der Waals surface area (Å²) in [6, 6.07) is 14.1. The summed E-state index contributed by atoms with van der Waals surface area (Å²) in [4.78, 5) is 30.6. The lowest BCUT2D eigenvalue weighted by molar-refractivity contribution is -0.121. The van der Waals surface area contributed by atoms with Crippen LogP contribution in [0.25, 0.3) is 5.57 Å². The van der Waals surface area contributed by atoms with E-state index < -0.39 is 0 Å². The predicted molar refractivity (Wildman–Crippen MR) is 155 cm³/mol. The van der Waals surface area contributed by atoms with E-state index in [0.717, 1.165) is 67.7 Å². The number of nitrogens with one attached hydrogen (secondary N) is 3. The molecular weight excluding hydrogens is 474 g/mol. The quantitative estimate of drug-likeness (QED) is 0.437. The molecule has 38 heavy (non-hydrogen) atoms. The zero-order valence-electron chi connectivity index (χ0n) is 22.9. The highest BCUT2D eigenvalue weighted by molar-refractivity contribution is 6.08. The smallest absolute Gasteiger partial charge is 0.253 e. The van der Waals surface area contributed by atoms with Gasteiger partial charge in [0.1, 0.15) is 0 Å². The summed E-state index contributed by atoms with van der Waals surface area (Å²) < 4.78 is 0. The van der Waals surface area contributed by atoms with Crippen molar-refractivity contribution in [2.45, 2.75) is 45.4 Å². The summed E-state index contributed by atoms with van der Waals surface area (Å²) in [5.41, 5.74) is 5.48. The van der Waals surface area contributed by atoms with Gasteiger partial charge in [0.05, 0.1) is 0 Å². The third kappa shape index (κ3) is 6.51. The zero-order chi connectivity index (χ0) is 27.1. The van der Waals surface area contributed by atoms with Gasteiger partial charge in [0.25, 0.3) is 5.91 Å². The Morgan fingerprint density at radius 3 is 2.24 bits per heavy atom. The lowest BCUT2D eigenvalue weighted by atomic mass is 9.88. The van der Waals surface area contributed by atoms with E-state index in [1.807, 2.05) is 43.3 Å². The lowest BCUT2D eigenvalue weighted by Crippen LogP contribution is -2.38. The maximum Gasteiger partial charge on any atom is 0.253 e. The number of anilines is 1. The summed E-state index contributed by atoms with van der Waals surface area (Å²) in [6.45, 7) is 8.51. The van der Waals surface area contributed by atoms with Crippen molar-refractivity contribution in [2.24, 2.45) is 5.92 Å². The molecule has 7 nitrogen and oxygen atoms in total. The van der Waals surface area contributed by atoms with Crippen molar-refractivity contribution in [3.63, 3.8) is 0 Å². The van der Waals surface area contributed by atoms with Crippen LogP contribution in [0.4, 0.5) is 5.69 Å². The summed E-state index contributed by atoms with van der Waals surface area (Å²) in [7, 11) is 1.83. The second-order valence-electron chi connectivity index (χ2n) is 10.4. The number of aryl methyl sites for hydroxylation is 1. The fourth-order valence-corrected chi connectivity index (χ4v) is 5.55. The van der Waals surface area contributed by atoms with Crippen LogP contribution in [-0.2, 0) is 4.79 Å². The predicted octanol–water partition coefficient (Wildman–Crippen LogP) is 4.90. The minimum atomic E-state index is 0.0263. The molecule has 0 spiro atoms. The van der Waals surface area contributed by atoms with E-state index in [-0.39, 0.29) is 17.7 Å². The van der Waals surface area contributed by atoms with E-state index in [1.165, 1.54) is 11.8 Å². The summed E-state index contributed by atoms with van der Waals surface area (Å²) >= 11 is 0. The van der Waals surface area contributed by atoms with Crippen LogP contribution >= 0.6 is 0 Å². The fraction of sp³-hybridized carbons (Fsp3) is 0.452. The molecule has 2 aliphatic rings. The van der Waals surface area contributed by atoms with E-state index in [9.17, 15) is 9.59 Å². The molecule has 2 aromatic rings. The SMILES string of the molecule is CCN1CCC(C(=O)Nc2cc(C(=O)N3CCC(c4ccc(/C(C=N)=C/NC)cc4)CC3)ccc2C)CC1. The molecule has 2 aromatic carbocycles. The van der Waals surface area contributed by atoms with Crippen molar-refractivity contribution in [3.05, 3.63) is 70.9 Å². The first-order valence-electron chi connectivity index (χ1n) is 13.8. The second kappa shape index (κ2) is 12.9. The topological polar surface area (TPSA) is 88.5 Å². The molecule has 0 saturated carbocycles. The molecule has 0 atom stereocenters. The molecular formula is C31H41N5O2. The molecule has 2 amide bonds. The van der Waals surface area contributed by atoms with Crippen molar-refractivity contribution >= 4 is 29.3 Å². The normalized spacial score (nSPS) is 17.8. The van der Waals surface area contributed by atoms with Gasteiger partial charge in [-0.2, -0.15) is 0 Å². The van der Waals surface area contributed by atoms with Crippen LogP contribution in [0.5, 0.6) is 0 Å². The number of allylic oxidation sites excluding steroid dienone is 1. The van der Waals surface area contributed by atoms with E-state index in [1.54, 1.807) is 0 Å². The number of rotatable bonds is 8. The summed E-state index contributed by atoms with van der Waals surface area (Å²) in [5, 5.41) is 13.7. The van der Waals surface area contributed by atoms with E-state index in [0.29, 0.717) is 24.6 Å². The van der Waals surface area contributed by atoms with Crippen molar-refractivity contribution in [1.29, 1.82) is 5.41 Å². The number of hydrogen-bond donors (Lipinski definition) is 3. The minimum Gasteiger partial charge on any atom is -0.393 e. The number of piperidine rings is 2. The number of benzene rings is 2. The molecule has 2 heterocycles. The van der Waals surface area contributed by atoms with Gasteiger partial charge in [-0.25, -0.2) is 0 Å². The van der Waals surface area contributed by atoms with Crippen molar-refractivity contribution in [2.75, 3.05) is 45.1 Å². The molecule has 0 radical (unpaired) electrons. The van der Waals surface area contributed by atoms with E-state index in [4.69, 9.17) is 5.41 Å². The number of nitrogens with zero attached hydrogens (tertiary/aromatic N) is 2. The number of likely N-dealkylation sites (tertiary alicyclic amines) is 2. The maximum absolute atomic E-state index is 13.4. The van der Waals surface area contributed by atoms with Gasteiger partial charge in [-0.1, -0.05) is 37.3 Å². The van der Waals surface area contributed by atoms with Crippen LogP contribution in [0, 0.1) is 18.3 Å². The van der Waals surface area contributed by atoms with Gasteiger partial charge in [0.15, 0.2) is 0 Å². The Hall–Kier alpha value is -3.45. The van der Waals surface area contributed by atoms with Gasteiger partial charge in [-0.3, -0.25) is 9.59 Å². The van der Waals surface area contributed by atoms with Crippen LogP contribution in [0.3, 0.4) is 0 Å². The Labute approximate surface area is 226 Å². The molecule has 7 heteroatoms. The second-order valence-corrected chi connectivity index (χ2v) is 10.4. The van der Waals surface area contributed by atoms with Crippen LogP contribution in [0.2, 0.25) is 0 Å². The van der Waals surface area contributed by atoms with Gasteiger partial charge in [0, 0.05) is 55.3 Å². The van der Waals surface area contributed by atoms with Gasteiger partial charge < -0.3 is 25.8 Å². The molecule has 202 valence electrons. The molecule has 0 aliphatic carbocycles. The molecule has 4 rings (SSSR count).